The molecule has 1 fully saturated rings. The summed E-state index contributed by atoms with van der Waals surface area (Å²) in [4.78, 5) is 0. The third kappa shape index (κ3) is 8.08. The fourth-order valence-corrected chi connectivity index (χ4v) is 10.7. The van der Waals surface area contributed by atoms with Crippen molar-refractivity contribution in [2.24, 2.45) is 29.4 Å². The number of phenolic OH excluding ortho intramolecular Hbond substituents is 1. The van der Waals surface area contributed by atoms with Crippen LogP contribution in [0.25, 0.3) is 16.6 Å². The number of aromatic nitrogens is 1. The minimum atomic E-state index is -0.549. The van der Waals surface area contributed by atoms with Gasteiger partial charge in [0.25, 0.3) is 0 Å². The number of rotatable bonds is 4. The maximum atomic E-state index is 11.5. The molecule has 4 aromatic rings. The number of benzene rings is 3. The molecule has 1 aromatic heterocycles. The lowest BCUT2D eigenvalue weighted by atomic mass is 9.57. The van der Waals surface area contributed by atoms with Crippen LogP contribution in [-0.4, -0.2) is 53.0 Å². The van der Waals surface area contributed by atoms with Gasteiger partial charge in [-0.25, -0.2) is 0 Å². The molecule has 5 heterocycles. The van der Waals surface area contributed by atoms with Crippen LogP contribution in [0.1, 0.15) is 100.0 Å². The highest BCUT2D eigenvalue weighted by molar-refractivity contribution is 5.88. The zero-order valence-corrected chi connectivity index (χ0v) is 35.0. The van der Waals surface area contributed by atoms with E-state index in [-0.39, 0.29) is 29.8 Å². The highest BCUT2D eigenvalue weighted by Gasteiger charge is 2.47. The number of dihydropyridines is 1. The SMILES string of the molecule is CC(C)CCC1CCC2CC(O)CCc3ccc(O)c(c3)OCc3cc(C45CCOCC4CCc4ccccc45)cc4cn(cc34)C3=C(CO2)C(=CC(N)N3)C#CC1C. The zero-order chi connectivity index (χ0) is 40.7. The molecule has 0 radical (unpaired) electrons. The standard InChI is InChI=1S/C51H61N3O5/c1-32(2)8-12-35-15-18-43-26-42(55)17-10-34-11-19-47(56)48(22-34)59-29-39-24-41(51-20-21-57-30-40(51)16-14-36-6-4-5-7-46(36)51)23-38-27-54(28-44(38)39)50-45(31-58-43)37(13-9-33(35)3)25-49(52)53-50/h4-7,11,19,22-25,27-28,32-33,35,40,42-43,49,53,55-56H,8,10,12,14-18,20-21,26,29-31,52H2,1-3H3. The Morgan fingerprint density at radius 3 is 2.76 bits per heavy atom. The normalized spacial score (nSPS) is 28.5. The second kappa shape index (κ2) is 16.9. The molecule has 4 aliphatic heterocycles. The summed E-state index contributed by atoms with van der Waals surface area (Å²) in [6.45, 7) is 8.90. The van der Waals surface area contributed by atoms with Crippen molar-refractivity contribution in [1.82, 2.24) is 9.88 Å². The quantitative estimate of drug-likeness (QED) is 0.153. The van der Waals surface area contributed by atoms with E-state index in [0.29, 0.717) is 56.0 Å². The number of fused-ring (bicyclic) bond motifs is 9. The Labute approximate surface area is 349 Å². The van der Waals surface area contributed by atoms with Crippen LogP contribution in [0.5, 0.6) is 11.5 Å². The van der Waals surface area contributed by atoms with Gasteiger partial charge >= 0.3 is 0 Å². The number of aryl methyl sites for hydroxylation is 2. The lowest BCUT2D eigenvalue weighted by molar-refractivity contribution is 0.00498. The molecule has 0 saturated carbocycles. The number of nitrogens with zero attached hydrogens (tertiary/aromatic N) is 1. The first-order valence-electron chi connectivity index (χ1n) is 22.2. The van der Waals surface area contributed by atoms with Crippen LogP contribution in [0, 0.1) is 35.5 Å². The van der Waals surface area contributed by atoms with Gasteiger partial charge in [-0.05, 0) is 128 Å². The van der Waals surface area contributed by atoms with E-state index >= 15 is 0 Å². The van der Waals surface area contributed by atoms with Gasteiger partial charge in [0, 0.05) is 52.3 Å². The number of nitrogens with two attached hydrogens (primary N) is 1. The van der Waals surface area contributed by atoms with Crippen LogP contribution in [0.4, 0.5) is 0 Å². The molecule has 8 heteroatoms. The molecular weight excluding hydrogens is 735 g/mol. The Kier molecular flexibility index (Phi) is 11.4. The summed E-state index contributed by atoms with van der Waals surface area (Å²) < 4.78 is 21.9. The second-order valence-corrected chi connectivity index (χ2v) is 18.4. The van der Waals surface area contributed by atoms with Crippen molar-refractivity contribution in [2.75, 3.05) is 19.8 Å². The molecule has 1 saturated heterocycles. The number of phenols is 1. The summed E-state index contributed by atoms with van der Waals surface area (Å²) in [5, 5.41) is 28.4. The van der Waals surface area contributed by atoms with Gasteiger partial charge in [-0.15, -0.1) is 0 Å². The van der Waals surface area contributed by atoms with E-state index in [2.05, 4.69) is 91.3 Å². The monoisotopic (exact) mass is 795 g/mol. The maximum absolute atomic E-state index is 11.5. The van der Waals surface area contributed by atoms with Crippen molar-refractivity contribution in [1.29, 1.82) is 0 Å². The van der Waals surface area contributed by atoms with Crippen molar-refractivity contribution in [2.45, 2.75) is 115 Å². The molecule has 1 aliphatic carbocycles. The number of aromatic hydroxyl groups is 1. The zero-order valence-electron chi connectivity index (χ0n) is 35.0. The van der Waals surface area contributed by atoms with Crippen molar-refractivity contribution in [3.8, 4) is 23.3 Å². The molecular formula is C51H61N3O5. The van der Waals surface area contributed by atoms with Gasteiger partial charge < -0.3 is 40.0 Å². The third-order valence-electron chi connectivity index (χ3n) is 14.1. The predicted octanol–water partition coefficient (Wildman–Crippen LogP) is 8.75. The van der Waals surface area contributed by atoms with Gasteiger partial charge in [-0.2, -0.15) is 0 Å². The Bertz CT molecular complexity index is 2310. The van der Waals surface area contributed by atoms with Gasteiger partial charge in [0.2, 0.25) is 0 Å². The van der Waals surface area contributed by atoms with Gasteiger partial charge in [0.05, 0.1) is 31.6 Å². The topological polar surface area (TPSA) is 111 Å². The number of nitrogens with one attached hydrogen (secondary N) is 1. The Morgan fingerprint density at radius 2 is 1.88 bits per heavy atom. The first-order chi connectivity index (χ1) is 28.6. The van der Waals surface area contributed by atoms with Crippen LogP contribution in [0.3, 0.4) is 0 Å². The molecule has 6 bridgehead atoms. The highest BCUT2D eigenvalue weighted by atomic mass is 16.5. The van der Waals surface area contributed by atoms with E-state index in [0.717, 1.165) is 90.4 Å². The van der Waals surface area contributed by atoms with Gasteiger partial charge in [0.1, 0.15) is 12.4 Å². The summed E-state index contributed by atoms with van der Waals surface area (Å²) in [7, 11) is 0. The molecule has 310 valence electrons. The summed E-state index contributed by atoms with van der Waals surface area (Å²) in [5.74, 6) is 10.3. The molecule has 0 amide bonds. The summed E-state index contributed by atoms with van der Waals surface area (Å²) >= 11 is 0. The molecule has 59 heavy (non-hydrogen) atoms. The molecule has 0 spiro atoms. The fraction of sp³-hybridized carbons (Fsp3) is 0.490. The second-order valence-electron chi connectivity index (χ2n) is 18.4. The first-order valence-corrected chi connectivity index (χ1v) is 22.2. The van der Waals surface area contributed by atoms with E-state index in [1.807, 2.05) is 18.2 Å². The van der Waals surface area contributed by atoms with Gasteiger partial charge in [0.15, 0.2) is 11.5 Å². The van der Waals surface area contributed by atoms with Crippen LogP contribution >= 0.6 is 0 Å². The molecule has 5 aliphatic rings. The van der Waals surface area contributed by atoms with E-state index in [1.165, 1.54) is 16.7 Å². The van der Waals surface area contributed by atoms with Crippen molar-refractivity contribution >= 4 is 16.6 Å². The Morgan fingerprint density at radius 1 is 1.00 bits per heavy atom. The first kappa shape index (κ1) is 39.9. The summed E-state index contributed by atoms with van der Waals surface area (Å²) in [6.07, 6.45) is 14.2. The lowest BCUT2D eigenvalue weighted by Gasteiger charge is -2.49. The molecule has 8 nitrogen and oxygen atoms in total. The molecule has 9 rings (SSSR count). The lowest BCUT2D eigenvalue weighted by Crippen LogP contribution is -2.47. The van der Waals surface area contributed by atoms with Crippen LogP contribution < -0.4 is 15.8 Å². The largest absolute Gasteiger partial charge is 0.504 e. The molecule has 5 N–H and O–H groups in total. The minimum absolute atomic E-state index is 0.105. The molecule has 3 aromatic carbocycles. The summed E-state index contributed by atoms with van der Waals surface area (Å²) in [5.41, 5.74) is 14.6. The van der Waals surface area contributed by atoms with Gasteiger partial charge in [-0.1, -0.05) is 75.4 Å². The molecule has 7 atom stereocenters. The van der Waals surface area contributed by atoms with Crippen LogP contribution in [-0.2, 0) is 34.3 Å². The number of hydrogen-bond acceptors (Lipinski definition) is 7. The van der Waals surface area contributed by atoms with Crippen molar-refractivity contribution in [3.05, 3.63) is 112 Å². The van der Waals surface area contributed by atoms with E-state index in [4.69, 9.17) is 19.9 Å². The van der Waals surface area contributed by atoms with E-state index < -0.39 is 12.3 Å². The minimum Gasteiger partial charge on any atom is -0.504 e. The predicted molar refractivity (Wildman–Crippen MR) is 234 cm³/mol. The number of aliphatic hydroxyl groups is 1. The maximum Gasteiger partial charge on any atom is 0.161 e. The Hall–Kier alpha value is -4.52. The third-order valence-corrected chi connectivity index (χ3v) is 14.1. The average Bonchev–Trinajstić information content (AvgIpc) is 3.67. The highest BCUT2D eigenvalue weighted by Crippen LogP contribution is 2.52. The van der Waals surface area contributed by atoms with E-state index in [9.17, 15) is 10.2 Å². The molecule has 7 unspecified atom stereocenters. The van der Waals surface area contributed by atoms with Crippen LogP contribution in [0.2, 0.25) is 0 Å². The number of hydrogen-bond donors (Lipinski definition) is 4. The number of ether oxygens (including phenoxy) is 3. The number of aliphatic hydroxyl groups excluding tert-OH is 1. The van der Waals surface area contributed by atoms with Gasteiger partial charge in [-0.3, -0.25) is 0 Å². The van der Waals surface area contributed by atoms with Crippen LogP contribution in [0.15, 0.2) is 84.2 Å². The fourth-order valence-electron chi connectivity index (χ4n) is 10.7. The summed E-state index contributed by atoms with van der Waals surface area (Å²) in [6, 6.07) is 19.3. The average molecular weight is 796 g/mol. The smallest absolute Gasteiger partial charge is 0.161 e. The van der Waals surface area contributed by atoms with Crippen molar-refractivity contribution < 1.29 is 24.4 Å². The van der Waals surface area contributed by atoms with E-state index in [1.54, 1.807) is 6.07 Å². The Balaban J connectivity index is 1.22. The van der Waals surface area contributed by atoms with Crippen molar-refractivity contribution in [3.63, 3.8) is 0 Å².